The van der Waals surface area contributed by atoms with Crippen LogP contribution in [0.2, 0.25) is 0 Å². The molecule has 0 atom stereocenters. The molecular weight excluding hydrogens is 476 g/mol. The van der Waals surface area contributed by atoms with E-state index in [1.807, 2.05) is 24.7 Å². The summed E-state index contributed by atoms with van der Waals surface area (Å²) >= 11 is 1.77. The van der Waals surface area contributed by atoms with E-state index in [9.17, 15) is 0 Å². The Labute approximate surface area is 219 Å². The van der Waals surface area contributed by atoms with E-state index in [1.54, 1.807) is 11.3 Å². The fourth-order valence-electron chi connectivity index (χ4n) is 5.45. The highest BCUT2D eigenvalue weighted by molar-refractivity contribution is 7.15. The summed E-state index contributed by atoms with van der Waals surface area (Å²) in [5.74, 6) is 0. The van der Waals surface area contributed by atoms with Crippen LogP contribution in [0.3, 0.4) is 0 Å². The number of benzene rings is 1. The van der Waals surface area contributed by atoms with Gasteiger partial charge >= 0.3 is 0 Å². The summed E-state index contributed by atoms with van der Waals surface area (Å²) in [6, 6.07) is 17.3. The number of likely N-dealkylation sites (tertiary alicyclic amines) is 1. The monoisotopic (exact) mass is 504 g/mol. The van der Waals surface area contributed by atoms with Gasteiger partial charge in [0.05, 0.1) is 21.8 Å². The third-order valence-corrected chi connectivity index (χ3v) is 8.33. The number of pyridine rings is 2. The fraction of sp³-hybridized carbons (Fsp3) is 0.233. The molecule has 0 saturated carbocycles. The summed E-state index contributed by atoms with van der Waals surface area (Å²) in [6.45, 7) is 5.46. The number of hydrogen-bond acceptors (Lipinski definition) is 5. The highest BCUT2D eigenvalue weighted by Gasteiger charge is 2.16. The zero-order valence-corrected chi connectivity index (χ0v) is 21.6. The van der Waals surface area contributed by atoms with E-state index in [1.165, 1.54) is 47.7 Å². The van der Waals surface area contributed by atoms with E-state index in [0.29, 0.717) is 0 Å². The number of fused-ring (bicyclic) bond motifs is 2. The van der Waals surface area contributed by atoms with Crippen LogP contribution in [0.5, 0.6) is 0 Å². The van der Waals surface area contributed by atoms with Gasteiger partial charge in [-0.3, -0.25) is 20.0 Å². The lowest BCUT2D eigenvalue weighted by Gasteiger charge is -2.26. The Hall–Kier alpha value is -3.81. The van der Waals surface area contributed by atoms with Crippen molar-refractivity contribution < 1.29 is 0 Å². The standard InChI is InChI=1S/C30H28N6S/c1-19-5-8-28(37-19)30-24-15-27(33-25(24)9-10-32-30)29-23-14-21(6-7-26(23)34-35-29)22-13-20(16-31-17-22)18-36-11-3-2-4-12-36/h5-10,13-17,33H,2-4,11-12,18H2,1H3,(H,34,35). The number of aryl methyl sites for hydroxylation is 1. The molecule has 5 aromatic heterocycles. The average Bonchev–Trinajstić information content (AvgIpc) is 3.66. The first-order valence-corrected chi connectivity index (χ1v) is 13.7. The van der Waals surface area contributed by atoms with Crippen molar-refractivity contribution in [2.45, 2.75) is 32.7 Å². The quantitative estimate of drug-likeness (QED) is 0.261. The minimum atomic E-state index is 0.916. The Bertz CT molecular complexity index is 1720. The van der Waals surface area contributed by atoms with E-state index in [-0.39, 0.29) is 0 Å². The number of piperidine rings is 1. The number of nitrogens with one attached hydrogen (secondary N) is 2. The molecule has 7 rings (SSSR count). The molecule has 1 saturated heterocycles. The number of H-pyrrole nitrogens is 2. The van der Waals surface area contributed by atoms with E-state index < -0.39 is 0 Å². The third kappa shape index (κ3) is 4.24. The van der Waals surface area contributed by atoms with Gasteiger partial charge in [0.2, 0.25) is 0 Å². The molecule has 37 heavy (non-hydrogen) atoms. The van der Waals surface area contributed by atoms with Crippen molar-refractivity contribution in [2.24, 2.45) is 0 Å². The van der Waals surface area contributed by atoms with Crippen LogP contribution < -0.4 is 0 Å². The van der Waals surface area contributed by atoms with Crippen molar-refractivity contribution in [1.82, 2.24) is 30.0 Å². The third-order valence-electron chi connectivity index (χ3n) is 7.32. The molecule has 6 aromatic rings. The maximum atomic E-state index is 4.70. The molecule has 0 spiro atoms. The second kappa shape index (κ2) is 9.25. The summed E-state index contributed by atoms with van der Waals surface area (Å²) in [5, 5.41) is 10.1. The lowest BCUT2D eigenvalue weighted by atomic mass is 10.0. The predicted molar refractivity (Wildman–Crippen MR) is 152 cm³/mol. The van der Waals surface area contributed by atoms with Crippen LogP contribution in [0.1, 0.15) is 29.7 Å². The van der Waals surface area contributed by atoms with Gasteiger partial charge in [-0.25, -0.2) is 0 Å². The molecule has 0 aliphatic carbocycles. The number of nitrogens with zero attached hydrogens (tertiary/aromatic N) is 4. The number of rotatable bonds is 5. The Kier molecular flexibility index (Phi) is 5.60. The molecular formula is C30H28N6S. The van der Waals surface area contributed by atoms with Gasteiger partial charge in [0.15, 0.2) is 0 Å². The van der Waals surface area contributed by atoms with Gasteiger partial charge in [0, 0.05) is 51.9 Å². The summed E-state index contributed by atoms with van der Waals surface area (Å²) in [5.41, 5.74) is 8.55. The van der Waals surface area contributed by atoms with Crippen molar-refractivity contribution >= 4 is 33.1 Å². The predicted octanol–water partition coefficient (Wildman–Crippen LogP) is 7.19. The first-order valence-electron chi connectivity index (χ1n) is 12.9. The van der Waals surface area contributed by atoms with Crippen LogP contribution in [-0.4, -0.2) is 43.1 Å². The summed E-state index contributed by atoms with van der Waals surface area (Å²) in [7, 11) is 0. The second-order valence-electron chi connectivity index (χ2n) is 9.97. The number of hydrogen-bond donors (Lipinski definition) is 2. The van der Waals surface area contributed by atoms with E-state index in [0.717, 1.165) is 56.6 Å². The summed E-state index contributed by atoms with van der Waals surface area (Å²) in [4.78, 5) is 17.9. The number of aromatic nitrogens is 5. The molecule has 6 heterocycles. The van der Waals surface area contributed by atoms with Gasteiger partial charge in [0.1, 0.15) is 5.69 Å². The average molecular weight is 505 g/mol. The Morgan fingerprint density at radius 2 is 1.76 bits per heavy atom. The van der Waals surface area contributed by atoms with Crippen LogP contribution in [0.4, 0.5) is 0 Å². The molecule has 184 valence electrons. The van der Waals surface area contributed by atoms with E-state index >= 15 is 0 Å². The second-order valence-corrected chi connectivity index (χ2v) is 11.3. The highest BCUT2D eigenvalue weighted by atomic mass is 32.1. The molecule has 2 N–H and O–H groups in total. The van der Waals surface area contributed by atoms with Gasteiger partial charge in [0.25, 0.3) is 0 Å². The van der Waals surface area contributed by atoms with Gasteiger partial charge in [-0.05, 0) is 86.4 Å². The molecule has 7 heteroatoms. The minimum Gasteiger partial charge on any atom is -0.353 e. The first-order chi connectivity index (χ1) is 18.2. The Morgan fingerprint density at radius 3 is 2.62 bits per heavy atom. The van der Waals surface area contributed by atoms with Gasteiger partial charge in [-0.2, -0.15) is 5.10 Å². The van der Waals surface area contributed by atoms with Crippen molar-refractivity contribution in [1.29, 1.82) is 0 Å². The van der Waals surface area contributed by atoms with Crippen molar-refractivity contribution in [3.05, 3.63) is 77.6 Å². The Balaban J connectivity index is 1.26. The zero-order valence-electron chi connectivity index (χ0n) is 20.8. The van der Waals surface area contributed by atoms with Gasteiger partial charge in [-0.1, -0.05) is 12.5 Å². The maximum absolute atomic E-state index is 4.70. The molecule has 1 fully saturated rings. The van der Waals surface area contributed by atoms with Crippen LogP contribution in [0.25, 0.3) is 54.9 Å². The van der Waals surface area contributed by atoms with Crippen LogP contribution >= 0.6 is 11.3 Å². The molecule has 1 aliphatic heterocycles. The lowest BCUT2D eigenvalue weighted by Crippen LogP contribution is -2.29. The zero-order chi connectivity index (χ0) is 24.8. The summed E-state index contributed by atoms with van der Waals surface area (Å²) < 4.78 is 0. The van der Waals surface area contributed by atoms with E-state index in [2.05, 4.69) is 69.4 Å². The summed E-state index contributed by atoms with van der Waals surface area (Å²) in [6.07, 6.45) is 9.79. The van der Waals surface area contributed by atoms with Crippen molar-refractivity contribution in [3.63, 3.8) is 0 Å². The smallest absolute Gasteiger partial charge is 0.116 e. The van der Waals surface area contributed by atoms with Gasteiger partial charge in [-0.15, -0.1) is 11.3 Å². The van der Waals surface area contributed by atoms with E-state index in [4.69, 9.17) is 10.1 Å². The lowest BCUT2D eigenvalue weighted by molar-refractivity contribution is 0.220. The minimum absolute atomic E-state index is 0.916. The molecule has 0 bridgehead atoms. The maximum Gasteiger partial charge on any atom is 0.116 e. The molecule has 1 aromatic carbocycles. The molecule has 1 aliphatic rings. The highest BCUT2D eigenvalue weighted by Crippen LogP contribution is 2.36. The topological polar surface area (TPSA) is 73.5 Å². The fourth-order valence-corrected chi connectivity index (χ4v) is 6.32. The Morgan fingerprint density at radius 1 is 0.865 bits per heavy atom. The number of thiophene rings is 1. The van der Waals surface area contributed by atoms with Crippen LogP contribution in [-0.2, 0) is 6.54 Å². The van der Waals surface area contributed by atoms with Crippen molar-refractivity contribution in [2.75, 3.05) is 13.1 Å². The largest absolute Gasteiger partial charge is 0.353 e. The number of aromatic amines is 2. The molecule has 0 unspecified atom stereocenters. The first kappa shape index (κ1) is 22.4. The van der Waals surface area contributed by atoms with Crippen molar-refractivity contribution in [3.8, 4) is 33.1 Å². The van der Waals surface area contributed by atoms with Crippen LogP contribution in [0, 0.1) is 6.92 Å². The normalized spacial score (nSPS) is 14.6. The molecule has 0 amide bonds. The van der Waals surface area contributed by atoms with Crippen LogP contribution in [0.15, 0.2) is 67.1 Å². The molecule has 0 radical (unpaired) electrons. The molecule has 6 nitrogen and oxygen atoms in total. The van der Waals surface area contributed by atoms with Gasteiger partial charge < -0.3 is 4.98 Å². The SMILES string of the molecule is Cc1ccc(-c2nccc3[nH]c(-c4n[nH]c5ccc(-c6cncc(CN7CCCCC7)c6)cc45)cc23)s1.